The second kappa shape index (κ2) is 20.3. The summed E-state index contributed by atoms with van der Waals surface area (Å²) in [6, 6.07) is 17.5. The fourth-order valence-corrected chi connectivity index (χ4v) is 11.1. The Kier molecular flexibility index (Phi) is 14.4. The summed E-state index contributed by atoms with van der Waals surface area (Å²) in [5.74, 6) is 2.34. The van der Waals surface area contributed by atoms with Gasteiger partial charge in [-0.15, -0.1) is 6.58 Å². The molecule has 5 aliphatic rings. The molecule has 2 saturated carbocycles. The van der Waals surface area contributed by atoms with Gasteiger partial charge in [0.15, 0.2) is 11.5 Å². The van der Waals surface area contributed by atoms with Gasteiger partial charge < -0.3 is 43.6 Å². The van der Waals surface area contributed by atoms with Crippen LogP contribution >= 0.6 is 0 Å². The fraction of sp³-hybridized carbons (Fsp3) is 0.538. The average Bonchev–Trinajstić information content (AvgIpc) is 4.00. The number of aryl methyl sites for hydroxylation is 2. The maximum atomic E-state index is 15.2. The van der Waals surface area contributed by atoms with Crippen LogP contribution in [0.5, 0.6) is 28.7 Å². The van der Waals surface area contributed by atoms with E-state index in [1.54, 1.807) is 13.2 Å². The van der Waals surface area contributed by atoms with E-state index in [1.807, 2.05) is 41.3 Å². The molecule has 338 valence electrons. The third kappa shape index (κ3) is 9.52. The van der Waals surface area contributed by atoms with Gasteiger partial charge in [-0.1, -0.05) is 68.0 Å². The molecule has 11 nitrogen and oxygen atoms in total. The van der Waals surface area contributed by atoms with Crippen LogP contribution in [0.1, 0.15) is 112 Å². The van der Waals surface area contributed by atoms with E-state index in [1.165, 1.54) is 18.4 Å². The van der Waals surface area contributed by atoms with Crippen LogP contribution in [-0.4, -0.2) is 72.3 Å². The lowest BCUT2D eigenvalue weighted by Crippen LogP contribution is -2.70. The van der Waals surface area contributed by atoms with Gasteiger partial charge in [0, 0.05) is 44.1 Å². The summed E-state index contributed by atoms with van der Waals surface area (Å²) in [5.41, 5.74) is 6.04. The molecule has 2 N–H and O–H groups in total. The van der Waals surface area contributed by atoms with Crippen molar-refractivity contribution in [1.29, 1.82) is 0 Å². The van der Waals surface area contributed by atoms with Crippen LogP contribution in [0.3, 0.4) is 0 Å². The number of allylic oxidation sites excluding steroid dienone is 1. The first-order chi connectivity index (χ1) is 30.8. The summed E-state index contributed by atoms with van der Waals surface area (Å²) < 4.78 is 32.8. The molecule has 3 aliphatic carbocycles. The van der Waals surface area contributed by atoms with Crippen LogP contribution in [0.15, 0.2) is 84.1 Å². The number of nitrogens with zero attached hydrogens (tertiary/aromatic N) is 2. The third-order valence-electron chi connectivity index (χ3n) is 14.3. The Balaban J connectivity index is 1.30. The number of hydrogen-bond acceptors (Lipinski definition) is 10. The molecule has 2 aliphatic heterocycles. The van der Waals surface area contributed by atoms with Crippen molar-refractivity contribution in [2.24, 2.45) is 28.8 Å². The molecule has 0 aromatic heterocycles. The van der Waals surface area contributed by atoms with Gasteiger partial charge in [-0.2, -0.15) is 0 Å². The molecule has 6 atom stereocenters. The lowest BCUT2D eigenvalue weighted by atomic mass is 9.55. The van der Waals surface area contributed by atoms with Gasteiger partial charge in [-0.25, -0.2) is 0 Å². The van der Waals surface area contributed by atoms with Gasteiger partial charge in [-0.3, -0.25) is 4.79 Å². The monoisotopic (exact) mass is 862 g/mol. The second-order valence-corrected chi connectivity index (χ2v) is 18.2. The highest BCUT2D eigenvalue weighted by Crippen LogP contribution is 2.62. The zero-order valence-corrected chi connectivity index (χ0v) is 37.4. The van der Waals surface area contributed by atoms with Crippen LogP contribution in [-0.2, 0) is 20.9 Å². The lowest BCUT2D eigenvalue weighted by molar-refractivity contribution is -0.258. The number of oxime groups is 1. The average molecular weight is 863 g/mol. The number of unbranched alkanes of at least 4 members (excludes halogenated alkanes) is 2. The van der Waals surface area contributed by atoms with Crippen molar-refractivity contribution in [1.82, 2.24) is 4.90 Å². The highest BCUT2D eigenvalue weighted by molar-refractivity contribution is 6.03. The number of amides is 1. The molecule has 1 amide bonds. The fourth-order valence-electron chi connectivity index (χ4n) is 11.1. The van der Waals surface area contributed by atoms with Crippen molar-refractivity contribution in [2.75, 3.05) is 33.7 Å². The highest BCUT2D eigenvalue weighted by atomic mass is 16.7. The van der Waals surface area contributed by atoms with E-state index in [-0.39, 0.29) is 50.3 Å². The number of aliphatic hydroxyl groups is 2. The number of fused-ring (bicyclic) bond motifs is 3. The highest BCUT2D eigenvalue weighted by Gasteiger charge is 2.65. The molecule has 11 heteroatoms. The molecule has 63 heavy (non-hydrogen) atoms. The lowest BCUT2D eigenvalue weighted by Gasteiger charge is -2.60. The quantitative estimate of drug-likeness (QED) is 0.0648. The molecule has 8 rings (SSSR count). The number of carbonyl (C=O) groups excluding carboxylic acids is 1. The molecule has 0 spiro atoms. The van der Waals surface area contributed by atoms with Gasteiger partial charge in [0.1, 0.15) is 30.4 Å². The van der Waals surface area contributed by atoms with Crippen LogP contribution in [0.25, 0.3) is 0 Å². The van der Waals surface area contributed by atoms with Crippen molar-refractivity contribution in [3.8, 4) is 28.7 Å². The summed E-state index contributed by atoms with van der Waals surface area (Å²) in [6.45, 7) is 9.16. The van der Waals surface area contributed by atoms with Crippen molar-refractivity contribution >= 4 is 11.6 Å². The minimum atomic E-state index is -1.36. The van der Waals surface area contributed by atoms with Crippen LogP contribution in [0.2, 0.25) is 0 Å². The molecule has 3 aromatic carbocycles. The molecule has 2 fully saturated rings. The Hall–Kier alpha value is -4.84. The molecule has 6 unspecified atom stereocenters. The van der Waals surface area contributed by atoms with Gasteiger partial charge in [0.05, 0.1) is 18.2 Å². The van der Waals surface area contributed by atoms with E-state index in [2.05, 4.69) is 44.7 Å². The van der Waals surface area contributed by atoms with Crippen molar-refractivity contribution in [2.45, 2.75) is 122 Å². The molecular formula is C52H66N2O9. The SMILES string of the molecule is C=CCOC12Oc3ccc(Oc4ccc(C)c(C)c4)cc3C3C(CCCCO)C(CCCCO)C=C(C(=NOC)CC1N(Cc1ccc4c(c1)OCO4)C(=O)CCC1CCCC1)C32. The number of hydrogen-bond donors (Lipinski definition) is 2. The first-order valence-electron chi connectivity index (χ1n) is 23.3. The van der Waals surface area contributed by atoms with Crippen molar-refractivity contribution in [3.05, 3.63) is 101 Å². The minimum absolute atomic E-state index is 0.0376. The van der Waals surface area contributed by atoms with Crippen LogP contribution in [0.4, 0.5) is 0 Å². The normalized spacial score (nSPS) is 25.2. The smallest absolute Gasteiger partial charge is 0.239 e. The maximum absolute atomic E-state index is 15.2. The summed E-state index contributed by atoms with van der Waals surface area (Å²) in [7, 11) is 1.58. The Morgan fingerprint density at radius 2 is 1.65 bits per heavy atom. The molecule has 3 aromatic rings. The van der Waals surface area contributed by atoms with Crippen LogP contribution < -0.4 is 18.9 Å². The summed E-state index contributed by atoms with van der Waals surface area (Å²) >= 11 is 0. The Bertz CT molecular complexity index is 2140. The van der Waals surface area contributed by atoms with E-state index >= 15 is 4.79 Å². The first kappa shape index (κ1) is 44.8. The predicted octanol–water partition coefficient (Wildman–Crippen LogP) is 10.1. The van der Waals surface area contributed by atoms with Crippen LogP contribution in [0, 0.1) is 37.5 Å². The zero-order valence-electron chi connectivity index (χ0n) is 37.4. The maximum Gasteiger partial charge on any atom is 0.239 e. The minimum Gasteiger partial charge on any atom is -0.459 e. The topological polar surface area (TPSA) is 129 Å². The van der Waals surface area contributed by atoms with E-state index in [0.717, 1.165) is 78.7 Å². The van der Waals surface area contributed by atoms with E-state index in [0.29, 0.717) is 61.1 Å². The molecule has 0 radical (unpaired) electrons. The largest absolute Gasteiger partial charge is 0.459 e. The number of aliphatic hydroxyl groups excluding tert-OH is 2. The van der Waals surface area contributed by atoms with E-state index in [4.69, 9.17) is 33.7 Å². The molecular weight excluding hydrogens is 797 g/mol. The Morgan fingerprint density at radius 3 is 2.41 bits per heavy atom. The summed E-state index contributed by atoms with van der Waals surface area (Å²) in [5, 5.41) is 24.7. The van der Waals surface area contributed by atoms with Crippen molar-refractivity contribution in [3.63, 3.8) is 0 Å². The number of ether oxygens (including phenoxy) is 5. The number of benzene rings is 3. The Labute approximate surface area is 373 Å². The van der Waals surface area contributed by atoms with E-state index in [9.17, 15) is 10.2 Å². The second-order valence-electron chi connectivity index (χ2n) is 18.2. The summed E-state index contributed by atoms with van der Waals surface area (Å²) in [4.78, 5) is 22.9. The van der Waals surface area contributed by atoms with Gasteiger partial charge in [-0.05, 0) is 128 Å². The predicted molar refractivity (Wildman–Crippen MR) is 242 cm³/mol. The number of rotatable bonds is 20. The van der Waals surface area contributed by atoms with Gasteiger partial charge >= 0.3 is 0 Å². The van der Waals surface area contributed by atoms with Gasteiger partial charge in [0.25, 0.3) is 0 Å². The molecule has 0 saturated heterocycles. The molecule has 0 bridgehead atoms. The molecule has 2 heterocycles. The van der Waals surface area contributed by atoms with E-state index < -0.39 is 17.7 Å². The summed E-state index contributed by atoms with van der Waals surface area (Å²) in [6.07, 6.45) is 15.2. The Morgan fingerprint density at radius 1 is 0.905 bits per heavy atom. The zero-order chi connectivity index (χ0) is 43.9. The third-order valence-corrected chi connectivity index (χ3v) is 14.3. The first-order valence-corrected chi connectivity index (χ1v) is 23.3. The van der Waals surface area contributed by atoms with Gasteiger partial charge in [0.2, 0.25) is 18.5 Å². The van der Waals surface area contributed by atoms with Crippen molar-refractivity contribution < 1.29 is 43.5 Å². The standard InChI is InChI=1S/C52H66N2O9/c1-5-26-61-52-48(54(49(57)23-18-36-12-6-7-13-36)32-37-17-21-46-47(28-37)60-33-59-46)31-44(53-58-4)42-29-38(14-8-10-24-55)41(15-9-11-25-56)50(51(42)52)43-30-40(20-22-45(43)63-52)62-39-19-16-34(2)35(3)27-39/h5,16-17,19-22,27-30,36,38,41,48,50-51,55-56H,1,6-15,18,23-26,31-33H2,2-4H3. The number of carbonyl (C=O) groups is 1.